The van der Waals surface area contributed by atoms with Gasteiger partial charge in [-0.25, -0.2) is 0 Å². The predicted octanol–water partition coefficient (Wildman–Crippen LogP) is 1.46. The Balaban J connectivity index is 2.63. The van der Waals surface area contributed by atoms with Crippen LogP contribution >= 0.6 is 15.9 Å². The Hall–Kier alpha value is -1.11. The second-order valence-electron chi connectivity index (χ2n) is 3.26. The smallest absolute Gasteiger partial charge is 0.241 e. The standard InChI is InChI=1S/C10H14BrN3O2/c1-14(16-2)6-10(15)13-9-4-3-7(12)5-8(9)11/h3-5H,6,12H2,1-2H3,(H,13,15). The molecule has 0 aliphatic heterocycles. The monoisotopic (exact) mass is 287 g/mol. The lowest BCUT2D eigenvalue weighted by Gasteiger charge is -2.13. The first-order valence-electron chi connectivity index (χ1n) is 4.63. The van der Waals surface area contributed by atoms with Crippen molar-refractivity contribution >= 4 is 33.2 Å². The summed E-state index contributed by atoms with van der Waals surface area (Å²) in [6.45, 7) is 0.160. The summed E-state index contributed by atoms with van der Waals surface area (Å²) in [5.41, 5.74) is 6.91. The van der Waals surface area contributed by atoms with Crippen LogP contribution in [0.1, 0.15) is 0 Å². The largest absolute Gasteiger partial charge is 0.399 e. The molecule has 0 radical (unpaired) electrons. The van der Waals surface area contributed by atoms with Crippen LogP contribution in [0.15, 0.2) is 22.7 Å². The van der Waals surface area contributed by atoms with Crippen molar-refractivity contribution in [2.75, 3.05) is 31.8 Å². The first kappa shape index (κ1) is 13.0. The number of hydrogen-bond acceptors (Lipinski definition) is 4. The van der Waals surface area contributed by atoms with E-state index < -0.39 is 0 Å². The fraction of sp³-hybridized carbons (Fsp3) is 0.300. The fourth-order valence-corrected chi connectivity index (χ4v) is 1.58. The van der Waals surface area contributed by atoms with Gasteiger partial charge in [0.05, 0.1) is 12.8 Å². The van der Waals surface area contributed by atoms with E-state index >= 15 is 0 Å². The molecule has 0 unspecified atom stereocenters. The molecule has 0 fully saturated rings. The number of hydrogen-bond donors (Lipinski definition) is 2. The lowest BCUT2D eigenvalue weighted by molar-refractivity contribution is -0.137. The van der Waals surface area contributed by atoms with Gasteiger partial charge < -0.3 is 15.9 Å². The van der Waals surface area contributed by atoms with Gasteiger partial charge in [0.2, 0.25) is 5.91 Å². The minimum Gasteiger partial charge on any atom is -0.399 e. The number of benzene rings is 1. The summed E-state index contributed by atoms with van der Waals surface area (Å²) in [6.07, 6.45) is 0. The van der Waals surface area contributed by atoms with Crippen LogP contribution < -0.4 is 11.1 Å². The van der Waals surface area contributed by atoms with E-state index in [0.717, 1.165) is 4.47 Å². The van der Waals surface area contributed by atoms with Crippen molar-refractivity contribution in [2.24, 2.45) is 0 Å². The maximum absolute atomic E-state index is 11.5. The van der Waals surface area contributed by atoms with Gasteiger partial charge in [-0.3, -0.25) is 4.79 Å². The number of likely N-dealkylation sites (N-methyl/N-ethyl adjacent to an activating group) is 1. The van der Waals surface area contributed by atoms with Gasteiger partial charge in [-0.05, 0) is 34.1 Å². The van der Waals surface area contributed by atoms with Crippen molar-refractivity contribution in [3.63, 3.8) is 0 Å². The maximum Gasteiger partial charge on any atom is 0.241 e. The molecule has 0 saturated carbocycles. The van der Waals surface area contributed by atoms with Gasteiger partial charge >= 0.3 is 0 Å². The highest BCUT2D eigenvalue weighted by Gasteiger charge is 2.08. The van der Waals surface area contributed by atoms with E-state index in [1.807, 2.05) is 0 Å². The molecule has 0 aliphatic rings. The van der Waals surface area contributed by atoms with E-state index in [1.165, 1.54) is 12.2 Å². The maximum atomic E-state index is 11.5. The van der Waals surface area contributed by atoms with E-state index in [2.05, 4.69) is 21.2 Å². The highest BCUT2D eigenvalue weighted by molar-refractivity contribution is 9.10. The molecule has 3 N–H and O–H groups in total. The van der Waals surface area contributed by atoms with Crippen LogP contribution in [0.4, 0.5) is 11.4 Å². The van der Waals surface area contributed by atoms with Crippen molar-refractivity contribution in [3.05, 3.63) is 22.7 Å². The van der Waals surface area contributed by atoms with E-state index in [1.54, 1.807) is 25.2 Å². The number of amides is 1. The number of nitrogens with zero attached hydrogens (tertiary/aromatic N) is 1. The number of carbonyl (C=O) groups excluding carboxylic acids is 1. The topological polar surface area (TPSA) is 67.6 Å². The average molecular weight is 288 g/mol. The molecule has 1 rings (SSSR count). The van der Waals surface area contributed by atoms with E-state index in [9.17, 15) is 4.79 Å². The van der Waals surface area contributed by atoms with Crippen molar-refractivity contribution in [2.45, 2.75) is 0 Å². The summed E-state index contributed by atoms with van der Waals surface area (Å²) in [5.74, 6) is -0.158. The van der Waals surface area contributed by atoms with Crippen molar-refractivity contribution in [3.8, 4) is 0 Å². The Morgan fingerprint density at radius 3 is 2.88 bits per heavy atom. The Morgan fingerprint density at radius 1 is 1.62 bits per heavy atom. The zero-order valence-corrected chi connectivity index (χ0v) is 10.7. The first-order valence-corrected chi connectivity index (χ1v) is 5.42. The van der Waals surface area contributed by atoms with E-state index in [-0.39, 0.29) is 12.5 Å². The van der Waals surface area contributed by atoms with Crippen molar-refractivity contribution in [1.82, 2.24) is 5.06 Å². The molecule has 5 nitrogen and oxygen atoms in total. The number of carbonyl (C=O) groups is 1. The molecule has 0 heterocycles. The molecule has 0 spiro atoms. The number of nitrogens with two attached hydrogens (primary N) is 1. The Labute approximate surface area is 103 Å². The minimum absolute atomic E-state index is 0.158. The second kappa shape index (κ2) is 5.83. The van der Waals surface area contributed by atoms with Crippen LogP contribution in [0.2, 0.25) is 0 Å². The Bertz CT molecular complexity index is 384. The molecule has 1 aromatic carbocycles. The third-order valence-corrected chi connectivity index (χ3v) is 2.60. The second-order valence-corrected chi connectivity index (χ2v) is 4.11. The van der Waals surface area contributed by atoms with Gasteiger partial charge in [-0.1, -0.05) is 0 Å². The van der Waals surface area contributed by atoms with Crippen LogP contribution in [0.3, 0.4) is 0 Å². The summed E-state index contributed by atoms with van der Waals surface area (Å²) in [5, 5.41) is 4.17. The van der Waals surface area contributed by atoms with Crippen LogP contribution in [-0.4, -0.2) is 31.7 Å². The highest BCUT2D eigenvalue weighted by Crippen LogP contribution is 2.24. The van der Waals surface area contributed by atoms with Gasteiger partial charge in [0.25, 0.3) is 0 Å². The first-order chi connectivity index (χ1) is 7.52. The lowest BCUT2D eigenvalue weighted by atomic mass is 10.3. The number of hydroxylamine groups is 2. The quantitative estimate of drug-likeness (QED) is 0.650. The Morgan fingerprint density at radius 2 is 2.31 bits per heavy atom. The summed E-state index contributed by atoms with van der Waals surface area (Å²) in [7, 11) is 3.18. The van der Waals surface area contributed by atoms with Crippen molar-refractivity contribution < 1.29 is 9.63 Å². The number of nitrogens with one attached hydrogen (secondary N) is 1. The molecule has 0 aliphatic carbocycles. The van der Waals surface area contributed by atoms with Crippen LogP contribution in [0.5, 0.6) is 0 Å². The zero-order chi connectivity index (χ0) is 12.1. The molecule has 0 saturated heterocycles. The predicted molar refractivity (Wildman–Crippen MR) is 66.8 cm³/mol. The van der Waals surface area contributed by atoms with Crippen molar-refractivity contribution in [1.29, 1.82) is 0 Å². The molecule has 0 bridgehead atoms. The molecule has 1 aromatic rings. The molecule has 6 heteroatoms. The van der Waals surface area contributed by atoms with Gasteiger partial charge in [0, 0.05) is 17.2 Å². The lowest BCUT2D eigenvalue weighted by Crippen LogP contribution is -2.29. The van der Waals surface area contributed by atoms with Crippen LogP contribution in [0.25, 0.3) is 0 Å². The summed E-state index contributed by atoms with van der Waals surface area (Å²) in [4.78, 5) is 16.4. The Kier molecular flexibility index (Phi) is 4.72. The number of anilines is 2. The number of halogens is 1. The van der Waals surface area contributed by atoms with Gasteiger partial charge in [-0.15, -0.1) is 0 Å². The average Bonchev–Trinajstić information content (AvgIpc) is 2.22. The summed E-state index contributed by atoms with van der Waals surface area (Å²) >= 11 is 3.32. The molecular weight excluding hydrogens is 274 g/mol. The minimum atomic E-state index is -0.158. The van der Waals surface area contributed by atoms with E-state index in [0.29, 0.717) is 11.4 Å². The SMILES string of the molecule is CON(C)CC(=O)Nc1ccc(N)cc1Br. The van der Waals surface area contributed by atoms with Gasteiger partial charge in [-0.2, -0.15) is 5.06 Å². The number of nitrogen functional groups attached to an aromatic ring is 1. The summed E-state index contributed by atoms with van der Waals surface area (Å²) < 4.78 is 0.751. The molecule has 1 amide bonds. The molecule has 16 heavy (non-hydrogen) atoms. The number of rotatable bonds is 4. The molecule has 0 atom stereocenters. The van der Waals surface area contributed by atoms with Gasteiger partial charge in [0.1, 0.15) is 6.54 Å². The summed E-state index contributed by atoms with van der Waals surface area (Å²) in [6, 6.07) is 5.19. The van der Waals surface area contributed by atoms with E-state index in [4.69, 9.17) is 10.6 Å². The fourth-order valence-electron chi connectivity index (χ4n) is 1.09. The third kappa shape index (κ3) is 3.80. The molecule has 0 aromatic heterocycles. The third-order valence-electron chi connectivity index (χ3n) is 1.95. The normalized spacial score (nSPS) is 10.5. The zero-order valence-electron chi connectivity index (χ0n) is 9.16. The van der Waals surface area contributed by atoms with Gasteiger partial charge in [0.15, 0.2) is 0 Å². The van der Waals surface area contributed by atoms with Crippen LogP contribution in [-0.2, 0) is 9.63 Å². The molecule has 88 valence electrons. The van der Waals surface area contributed by atoms with Crippen LogP contribution in [0, 0.1) is 0 Å². The molecular formula is C10H14BrN3O2. The highest BCUT2D eigenvalue weighted by atomic mass is 79.9.